The van der Waals surface area contributed by atoms with E-state index >= 15 is 0 Å². The van der Waals surface area contributed by atoms with Crippen molar-refractivity contribution in [3.8, 4) is 0 Å². The van der Waals surface area contributed by atoms with Gasteiger partial charge < -0.3 is 10.1 Å². The second-order valence-corrected chi connectivity index (χ2v) is 6.57. The van der Waals surface area contributed by atoms with Crippen LogP contribution in [0.25, 0.3) is 0 Å². The van der Waals surface area contributed by atoms with E-state index < -0.39 is 0 Å². The third-order valence-corrected chi connectivity index (χ3v) is 4.42. The second kappa shape index (κ2) is 9.77. The van der Waals surface area contributed by atoms with Crippen LogP contribution < -0.4 is 5.32 Å². The lowest BCUT2D eigenvalue weighted by Gasteiger charge is -2.36. The maximum Gasteiger partial charge on any atom is 0.0519 e. The maximum atomic E-state index is 5.92. The largest absolute Gasteiger partial charge is 0.378 e. The molecule has 1 N–H and O–H groups in total. The molecule has 0 aromatic carbocycles. The molecule has 114 valence electrons. The maximum absolute atomic E-state index is 5.92. The van der Waals surface area contributed by atoms with Crippen molar-refractivity contribution in [1.82, 2.24) is 5.32 Å². The minimum atomic E-state index is 0.371. The van der Waals surface area contributed by atoms with Gasteiger partial charge in [-0.15, -0.1) is 0 Å². The summed E-state index contributed by atoms with van der Waals surface area (Å²) in [5.41, 5.74) is 0. The van der Waals surface area contributed by atoms with Gasteiger partial charge in [0.2, 0.25) is 0 Å². The Balaban J connectivity index is 2.42. The van der Waals surface area contributed by atoms with E-state index in [4.69, 9.17) is 4.74 Å². The molecule has 0 saturated heterocycles. The van der Waals surface area contributed by atoms with Crippen molar-refractivity contribution in [3.63, 3.8) is 0 Å². The van der Waals surface area contributed by atoms with E-state index in [0.29, 0.717) is 6.10 Å². The molecule has 1 aliphatic carbocycles. The summed E-state index contributed by atoms with van der Waals surface area (Å²) in [4.78, 5) is 0. The summed E-state index contributed by atoms with van der Waals surface area (Å²) in [7, 11) is 0. The highest BCUT2D eigenvalue weighted by atomic mass is 16.5. The molecule has 1 aliphatic rings. The summed E-state index contributed by atoms with van der Waals surface area (Å²) in [6.45, 7) is 12.2. The fraction of sp³-hybridized carbons (Fsp3) is 1.00. The molecule has 3 atom stereocenters. The molecule has 0 radical (unpaired) electrons. The lowest BCUT2D eigenvalue weighted by atomic mass is 9.73. The molecule has 2 nitrogen and oxygen atoms in total. The van der Waals surface area contributed by atoms with Crippen LogP contribution in [-0.2, 0) is 4.74 Å². The number of ether oxygens (including phenoxy) is 1. The van der Waals surface area contributed by atoms with Gasteiger partial charge in [0.1, 0.15) is 0 Å². The van der Waals surface area contributed by atoms with Crippen LogP contribution in [0.15, 0.2) is 0 Å². The van der Waals surface area contributed by atoms with E-state index in [1.54, 1.807) is 0 Å². The average Bonchev–Trinajstić information content (AvgIpc) is 2.39. The Morgan fingerprint density at radius 1 is 1.11 bits per heavy atom. The minimum Gasteiger partial charge on any atom is -0.378 e. The zero-order chi connectivity index (χ0) is 14.1. The van der Waals surface area contributed by atoms with E-state index in [1.807, 2.05) is 0 Å². The summed E-state index contributed by atoms with van der Waals surface area (Å²) in [6.07, 6.45) is 8.57. The van der Waals surface area contributed by atoms with Gasteiger partial charge in [0.15, 0.2) is 0 Å². The molecule has 3 unspecified atom stereocenters. The number of nitrogens with one attached hydrogen (secondary N) is 1. The van der Waals surface area contributed by atoms with Crippen LogP contribution in [-0.4, -0.2) is 25.8 Å². The number of rotatable bonds is 9. The van der Waals surface area contributed by atoms with Crippen LogP contribution in [0.4, 0.5) is 0 Å². The summed E-state index contributed by atoms with van der Waals surface area (Å²) >= 11 is 0. The standard InChI is InChI=1S/C17H35NO/c1-5-7-15-8-9-16(12-18-10-6-2)17(11-15)13-19-14(3)4/h14-18H,5-13H2,1-4H3. The first-order valence-electron chi connectivity index (χ1n) is 8.49. The quantitative estimate of drug-likeness (QED) is 0.632. The minimum absolute atomic E-state index is 0.371. The molecule has 0 heterocycles. The molecule has 0 aromatic rings. The smallest absolute Gasteiger partial charge is 0.0519 e. The molecule has 1 saturated carbocycles. The molecule has 0 aromatic heterocycles. The van der Waals surface area contributed by atoms with Gasteiger partial charge in [-0.2, -0.15) is 0 Å². The summed E-state index contributed by atoms with van der Waals surface area (Å²) in [5.74, 6) is 2.56. The molecule has 1 rings (SSSR count). The van der Waals surface area contributed by atoms with E-state index in [0.717, 1.165) is 30.9 Å². The molecule has 19 heavy (non-hydrogen) atoms. The van der Waals surface area contributed by atoms with E-state index in [-0.39, 0.29) is 0 Å². The third kappa shape index (κ3) is 6.76. The monoisotopic (exact) mass is 269 g/mol. The second-order valence-electron chi connectivity index (χ2n) is 6.57. The molecule has 0 aliphatic heterocycles. The van der Waals surface area contributed by atoms with Crippen molar-refractivity contribution in [3.05, 3.63) is 0 Å². The van der Waals surface area contributed by atoms with Crippen molar-refractivity contribution in [2.24, 2.45) is 17.8 Å². The average molecular weight is 269 g/mol. The van der Waals surface area contributed by atoms with Crippen molar-refractivity contribution in [1.29, 1.82) is 0 Å². The van der Waals surface area contributed by atoms with E-state index in [9.17, 15) is 0 Å². The predicted molar refractivity (Wildman–Crippen MR) is 83.5 cm³/mol. The molecule has 0 bridgehead atoms. The molecule has 0 spiro atoms. The van der Waals surface area contributed by atoms with Gasteiger partial charge in [-0.3, -0.25) is 0 Å². The summed E-state index contributed by atoms with van der Waals surface area (Å²) < 4.78 is 5.92. The molecular weight excluding hydrogens is 234 g/mol. The first-order valence-corrected chi connectivity index (χ1v) is 8.49. The van der Waals surface area contributed by atoms with Crippen LogP contribution in [0, 0.1) is 17.8 Å². The first-order chi connectivity index (χ1) is 9.17. The van der Waals surface area contributed by atoms with Crippen LogP contribution >= 0.6 is 0 Å². The highest BCUT2D eigenvalue weighted by Crippen LogP contribution is 2.36. The summed E-state index contributed by atoms with van der Waals surface area (Å²) in [6, 6.07) is 0. The fourth-order valence-corrected chi connectivity index (χ4v) is 3.35. The zero-order valence-corrected chi connectivity index (χ0v) is 13.6. The lowest BCUT2D eigenvalue weighted by Crippen LogP contribution is -2.36. The van der Waals surface area contributed by atoms with E-state index in [1.165, 1.54) is 45.1 Å². The Labute approximate surface area is 120 Å². The Bertz CT molecular complexity index is 217. The topological polar surface area (TPSA) is 21.3 Å². The summed E-state index contributed by atoms with van der Waals surface area (Å²) in [5, 5.41) is 3.61. The van der Waals surface area contributed by atoms with E-state index in [2.05, 4.69) is 33.0 Å². The van der Waals surface area contributed by atoms with Crippen LogP contribution in [0.5, 0.6) is 0 Å². The van der Waals surface area contributed by atoms with Gasteiger partial charge in [-0.25, -0.2) is 0 Å². The van der Waals surface area contributed by atoms with Crippen molar-refractivity contribution < 1.29 is 4.74 Å². The van der Waals surface area contributed by atoms with Gasteiger partial charge in [0.25, 0.3) is 0 Å². The lowest BCUT2D eigenvalue weighted by molar-refractivity contribution is 0.0116. The highest BCUT2D eigenvalue weighted by molar-refractivity contribution is 4.81. The SMILES string of the molecule is CCCNCC1CCC(CCC)CC1COC(C)C. The van der Waals surface area contributed by atoms with Gasteiger partial charge in [0, 0.05) is 0 Å². The van der Waals surface area contributed by atoms with Gasteiger partial charge in [0.05, 0.1) is 12.7 Å². The van der Waals surface area contributed by atoms with Gasteiger partial charge >= 0.3 is 0 Å². The van der Waals surface area contributed by atoms with Crippen LogP contribution in [0.3, 0.4) is 0 Å². The molecule has 2 heteroatoms. The first kappa shape index (κ1) is 17.0. The number of hydrogen-bond donors (Lipinski definition) is 1. The Morgan fingerprint density at radius 3 is 2.53 bits per heavy atom. The zero-order valence-electron chi connectivity index (χ0n) is 13.6. The Hall–Kier alpha value is -0.0800. The Kier molecular flexibility index (Phi) is 8.72. The van der Waals surface area contributed by atoms with Crippen molar-refractivity contribution >= 4 is 0 Å². The third-order valence-electron chi connectivity index (χ3n) is 4.42. The molecular formula is C17H35NO. The highest BCUT2D eigenvalue weighted by Gasteiger charge is 2.30. The van der Waals surface area contributed by atoms with Crippen LogP contribution in [0.1, 0.15) is 66.2 Å². The predicted octanol–water partition coefficient (Wildman–Crippen LogP) is 4.24. The van der Waals surface area contributed by atoms with Gasteiger partial charge in [-0.05, 0) is 64.0 Å². The molecule has 1 fully saturated rings. The Morgan fingerprint density at radius 2 is 1.89 bits per heavy atom. The fourth-order valence-electron chi connectivity index (χ4n) is 3.35. The van der Waals surface area contributed by atoms with Crippen molar-refractivity contribution in [2.45, 2.75) is 72.3 Å². The molecule has 0 amide bonds. The van der Waals surface area contributed by atoms with Crippen LogP contribution in [0.2, 0.25) is 0 Å². The van der Waals surface area contributed by atoms with Crippen molar-refractivity contribution in [2.75, 3.05) is 19.7 Å². The normalized spacial score (nSPS) is 27.9. The number of hydrogen-bond acceptors (Lipinski definition) is 2. The van der Waals surface area contributed by atoms with Gasteiger partial charge in [-0.1, -0.05) is 33.1 Å².